The summed E-state index contributed by atoms with van der Waals surface area (Å²) in [5.74, 6) is 0.243. The van der Waals surface area contributed by atoms with Crippen LogP contribution in [-0.2, 0) is 4.79 Å². The average molecular weight is 428 g/mol. The van der Waals surface area contributed by atoms with Crippen molar-refractivity contribution < 1.29 is 19.1 Å². The lowest BCUT2D eigenvalue weighted by Crippen LogP contribution is -2.41. The van der Waals surface area contributed by atoms with Gasteiger partial charge in [-0.3, -0.25) is 25.2 Å². The summed E-state index contributed by atoms with van der Waals surface area (Å²) < 4.78 is 5.63. The number of fused-ring (bicyclic) bond motifs is 1. The predicted molar refractivity (Wildman–Crippen MR) is 117 cm³/mol. The number of carbonyl (C=O) groups is 3. The maximum absolute atomic E-state index is 12.4. The van der Waals surface area contributed by atoms with E-state index in [-0.39, 0.29) is 11.2 Å². The van der Waals surface area contributed by atoms with Gasteiger partial charge in [0.1, 0.15) is 5.75 Å². The minimum absolute atomic E-state index is 0.102. The lowest BCUT2D eigenvalue weighted by Gasteiger charge is -2.21. The van der Waals surface area contributed by atoms with E-state index in [0.717, 1.165) is 11.3 Å². The lowest BCUT2D eigenvalue weighted by molar-refractivity contribution is -0.115. The van der Waals surface area contributed by atoms with Crippen LogP contribution in [0, 0.1) is 5.92 Å². The van der Waals surface area contributed by atoms with Gasteiger partial charge in [-0.05, 0) is 61.7 Å². The zero-order chi connectivity index (χ0) is 21.7. The zero-order valence-electron chi connectivity index (χ0n) is 17.2. The molecule has 1 heterocycles. The lowest BCUT2D eigenvalue weighted by atomic mass is 10.1. The molecule has 0 saturated carbocycles. The molecule has 0 fully saturated rings. The van der Waals surface area contributed by atoms with E-state index in [2.05, 4.69) is 30.0 Å². The Morgan fingerprint density at radius 2 is 1.70 bits per heavy atom. The number of anilines is 1. The summed E-state index contributed by atoms with van der Waals surface area (Å²) in [6.07, 6.45) is 0.957. The number of hydrogen-bond donors (Lipinski definition) is 3. The smallest absolute Gasteiger partial charge is 0.269 e. The molecule has 1 unspecified atom stereocenters. The molecule has 0 radical (unpaired) electrons. The highest BCUT2D eigenvalue weighted by molar-refractivity contribution is 8.00. The fourth-order valence-electron chi connectivity index (χ4n) is 2.72. The standard InChI is InChI=1S/C22H25N3O4S/c1-13(2)10-11-29-17-7-4-15(5-8-17)21(27)24-25-22(28)16-6-9-19-18(12-16)23-20(26)14(3)30-19/h4-9,12-14H,10-11H2,1-3H3,(H,23,26)(H,24,27)(H,25,28). The molecular weight excluding hydrogens is 402 g/mol. The first kappa shape index (κ1) is 21.7. The summed E-state index contributed by atoms with van der Waals surface area (Å²) in [4.78, 5) is 37.4. The minimum Gasteiger partial charge on any atom is -0.494 e. The molecule has 7 nitrogen and oxygen atoms in total. The van der Waals surface area contributed by atoms with Gasteiger partial charge in [0, 0.05) is 16.0 Å². The molecule has 0 aromatic heterocycles. The van der Waals surface area contributed by atoms with E-state index in [1.165, 1.54) is 11.8 Å². The van der Waals surface area contributed by atoms with Crippen molar-refractivity contribution in [3.8, 4) is 5.75 Å². The second kappa shape index (κ2) is 9.67. The van der Waals surface area contributed by atoms with Crippen molar-refractivity contribution in [1.82, 2.24) is 10.9 Å². The van der Waals surface area contributed by atoms with Crippen molar-refractivity contribution in [2.45, 2.75) is 37.3 Å². The van der Waals surface area contributed by atoms with Crippen molar-refractivity contribution in [2.75, 3.05) is 11.9 Å². The van der Waals surface area contributed by atoms with Gasteiger partial charge in [0.05, 0.1) is 17.5 Å². The number of thioether (sulfide) groups is 1. The third-order valence-electron chi connectivity index (χ3n) is 4.54. The topological polar surface area (TPSA) is 96.5 Å². The Labute approximate surface area is 179 Å². The quantitative estimate of drug-likeness (QED) is 0.612. The highest BCUT2D eigenvalue weighted by atomic mass is 32.2. The molecule has 3 amide bonds. The summed E-state index contributed by atoms with van der Waals surface area (Å²) in [6, 6.07) is 11.8. The maximum atomic E-state index is 12.4. The second-order valence-corrected chi connectivity index (χ2v) is 8.81. The van der Waals surface area contributed by atoms with Crippen LogP contribution in [0.5, 0.6) is 5.75 Å². The molecule has 0 spiro atoms. The zero-order valence-corrected chi connectivity index (χ0v) is 18.0. The highest BCUT2D eigenvalue weighted by Crippen LogP contribution is 2.35. The Hall–Kier alpha value is -3.00. The molecule has 0 bridgehead atoms. The van der Waals surface area contributed by atoms with Gasteiger partial charge in [-0.15, -0.1) is 11.8 Å². The van der Waals surface area contributed by atoms with Crippen molar-refractivity contribution in [2.24, 2.45) is 5.92 Å². The summed E-state index contributed by atoms with van der Waals surface area (Å²) in [5.41, 5.74) is 6.12. The van der Waals surface area contributed by atoms with Gasteiger partial charge >= 0.3 is 0 Å². The first-order valence-electron chi connectivity index (χ1n) is 9.78. The molecule has 158 valence electrons. The van der Waals surface area contributed by atoms with Crippen LogP contribution in [0.4, 0.5) is 5.69 Å². The van der Waals surface area contributed by atoms with Crippen molar-refractivity contribution >= 4 is 35.2 Å². The number of nitrogens with one attached hydrogen (secondary N) is 3. The first-order chi connectivity index (χ1) is 14.3. The van der Waals surface area contributed by atoms with E-state index in [1.807, 2.05) is 6.92 Å². The molecule has 0 saturated heterocycles. The van der Waals surface area contributed by atoms with E-state index >= 15 is 0 Å². The molecule has 2 aromatic rings. The summed E-state index contributed by atoms with van der Waals surface area (Å²) in [7, 11) is 0. The SMILES string of the molecule is CC(C)CCOc1ccc(C(=O)NNC(=O)c2ccc3c(c2)NC(=O)C(C)S3)cc1. The number of hydrogen-bond acceptors (Lipinski definition) is 5. The van der Waals surface area contributed by atoms with Gasteiger partial charge in [-0.25, -0.2) is 0 Å². The molecule has 30 heavy (non-hydrogen) atoms. The Morgan fingerprint density at radius 1 is 1.07 bits per heavy atom. The molecule has 1 aliphatic rings. The number of amides is 3. The van der Waals surface area contributed by atoms with Crippen LogP contribution < -0.4 is 20.9 Å². The molecule has 3 N–H and O–H groups in total. The van der Waals surface area contributed by atoms with Crippen LogP contribution in [0.2, 0.25) is 0 Å². The molecule has 0 aliphatic carbocycles. The molecule has 1 atom stereocenters. The first-order valence-corrected chi connectivity index (χ1v) is 10.7. The molecule has 2 aromatic carbocycles. The number of benzene rings is 2. The molecular formula is C22H25N3O4S. The Bertz CT molecular complexity index is 944. The van der Waals surface area contributed by atoms with E-state index in [9.17, 15) is 14.4 Å². The summed E-state index contributed by atoms with van der Waals surface area (Å²) in [6.45, 7) is 6.71. The Morgan fingerprint density at radius 3 is 2.37 bits per heavy atom. The fourth-order valence-corrected chi connectivity index (χ4v) is 3.65. The maximum Gasteiger partial charge on any atom is 0.269 e. The number of ether oxygens (including phenoxy) is 1. The van der Waals surface area contributed by atoms with E-state index in [1.54, 1.807) is 42.5 Å². The Kier molecular flexibility index (Phi) is 6.99. The summed E-state index contributed by atoms with van der Waals surface area (Å²) in [5, 5.41) is 2.61. The predicted octanol–water partition coefficient (Wildman–Crippen LogP) is 3.62. The van der Waals surface area contributed by atoms with Gasteiger partial charge in [-0.1, -0.05) is 13.8 Å². The van der Waals surface area contributed by atoms with Crippen LogP contribution in [0.1, 0.15) is 47.9 Å². The van der Waals surface area contributed by atoms with Gasteiger partial charge in [-0.2, -0.15) is 0 Å². The second-order valence-electron chi connectivity index (χ2n) is 7.42. The third kappa shape index (κ3) is 5.54. The Balaban J connectivity index is 1.54. The monoisotopic (exact) mass is 427 g/mol. The number of hydrazine groups is 1. The van der Waals surface area contributed by atoms with Crippen LogP contribution in [-0.4, -0.2) is 29.6 Å². The molecule has 3 rings (SSSR count). The van der Waals surface area contributed by atoms with Crippen molar-refractivity contribution in [1.29, 1.82) is 0 Å². The van der Waals surface area contributed by atoms with Gasteiger partial charge in [0.2, 0.25) is 5.91 Å². The van der Waals surface area contributed by atoms with Crippen LogP contribution in [0.3, 0.4) is 0 Å². The van der Waals surface area contributed by atoms with E-state index < -0.39 is 11.8 Å². The fraction of sp³-hybridized carbons (Fsp3) is 0.318. The van der Waals surface area contributed by atoms with Gasteiger partial charge < -0.3 is 10.1 Å². The van der Waals surface area contributed by atoms with Crippen LogP contribution in [0.15, 0.2) is 47.4 Å². The normalized spacial score (nSPS) is 15.2. The van der Waals surface area contributed by atoms with Crippen molar-refractivity contribution in [3.05, 3.63) is 53.6 Å². The third-order valence-corrected chi connectivity index (χ3v) is 5.72. The van der Waals surface area contributed by atoms with Crippen molar-refractivity contribution in [3.63, 3.8) is 0 Å². The minimum atomic E-state index is -0.474. The molecule has 8 heteroatoms. The van der Waals surface area contributed by atoms with Crippen LogP contribution in [0.25, 0.3) is 0 Å². The van der Waals surface area contributed by atoms with Gasteiger partial charge in [0.25, 0.3) is 11.8 Å². The van der Waals surface area contributed by atoms with E-state index in [0.29, 0.717) is 35.1 Å². The van der Waals surface area contributed by atoms with Gasteiger partial charge in [0.15, 0.2) is 0 Å². The molecule has 1 aliphatic heterocycles. The summed E-state index contributed by atoms with van der Waals surface area (Å²) >= 11 is 1.44. The van der Waals surface area contributed by atoms with E-state index in [4.69, 9.17) is 4.74 Å². The number of rotatable bonds is 6. The largest absolute Gasteiger partial charge is 0.494 e. The average Bonchev–Trinajstić information content (AvgIpc) is 2.72. The number of carbonyl (C=O) groups excluding carboxylic acids is 3. The van der Waals surface area contributed by atoms with Crippen LogP contribution >= 0.6 is 11.8 Å². The highest BCUT2D eigenvalue weighted by Gasteiger charge is 2.23.